The lowest BCUT2D eigenvalue weighted by atomic mass is 9.85. The van der Waals surface area contributed by atoms with Gasteiger partial charge in [0.25, 0.3) is 0 Å². The number of aromatic nitrogens is 1. The molecule has 2 heterocycles. The molecule has 1 saturated carbocycles. The van der Waals surface area contributed by atoms with Gasteiger partial charge in [-0.2, -0.15) is 0 Å². The molecular weight excluding hydrogens is 338 g/mol. The van der Waals surface area contributed by atoms with Gasteiger partial charge in [0.15, 0.2) is 0 Å². The first-order valence-electron chi connectivity index (χ1n) is 10.1. The standard InChI is InChI=1S/C22H29N3O2/c1-27-18-7-4-6-17(13-18)22(26)25-11-9-15(10-12-25)21-19(23)14-16-5-2-3-8-20(16)24-21/h2-3,5,8,14-15,17-18H,4,6-7,9-13,23H2,1H3/t17-,18-/m1/s1. The lowest BCUT2D eigenvalue weighted by molar-refractivity contribution is -0.139. The molecule has 1 aliphatic heterocycles. The van der Waals surface area contributed by atoms with E-state index in [0.717, 1.165) is 73.9 Å². The van der Waals surface area contributed by atoms with Crippen LogP contribution in [0.25, 0.3) is 10.9 Å². The Morgan fingerprint density at radius 3 is 2.74 bits per heavy atom. The van der Waals surface area contributed by atoms with Gasteiger partial charge in [-0.3, -0.25) is 9.78 Å². The molecule has 0 radical (unpaired) electrons. The minimum atomic E-state index is 0.129. The first kappa shape index (κ1) is 18.2. The third-order valence-electron chi connectivity index (χ3n) is 6.29. The monoisotopic (exact) mass is 367 g/mol. The Hall–Kier alpha value is -2.14. The van der Waals surface area contributed by atoms with Crippen molar-refractivity contribution in [1.82, 2.24) is 9.88 Å². The molecule has 0 bridgehead atoms. The fourth-order valence-corrected chi connectivity index (χ4v) is 4.69. The molecule has 1 aromatic carbocycles. The maximum atomic E-state index is 12.9. The fourth-order valence-electron chi connectivity index (χ4n) is 4.69. The molecule has 27 heavy (non-hydrogen) atoms. The third-order valence-corrected chi connectivity index (χ3v) is 6.29. The van der Waals surface area contributed by atoms with E-state index in [9.17, 15) is 4.79 Å². The van der Waals surface area contributed by atoms with E-state index in [0.29, 0.717) is 11.8 Å². The number of anilines is 1. The van der Waals surface area contributed by atoms with Gasteiger partial charge in [-0.15, -0.1) is 0 Å². The maximum absolute atomic E-state index is 12.9. The van der Waals surface area contributed by atoms with Crippen LogP contribution in [-0.2, 0) is 9.53 Å². The van der Waals surface area contributed by atoms with E-state index in [4.69, 9.17) is 15.5 Å². The largest absolute Gasteiger partial charge is 0.397 e. The average molecular weight is 367 g/mol. The normalized spacial score (nSPS) is 24.3. The summed E-state index contributed by atoms with van der Waals surface area (Å²) in [6, 6.07) is 10.1. The minimum Gasteiger partial charge on any atom is -0.397 e. The Labute approximate surface area is 160 Å². The van der Waals surface area contributed by atoms with Crippen LogP contribution < -0.4 is 5.73 Å². The van der Waals surface area contributed by atoms with E-state index >= 15 is 0 Å². The average Bonchev–Trinajstić information content (AvgIpc) is 2.73. The molecule has 144 valence electrons. The Bertz CT molecular complexity index is 814. The Balaban J connectivity index is 1.41. The zero-order valence-electron chi connectivity index (χ0n) is 16.1. The number of nitrogens with two attached hydrogens (primary N) is 1. The first-order valence-corrected chi connectivity index (χ1v) is 10.1. The van der Waals surface area contributed by atoms with Gasteiger partial charge in [0, 0.05) is 37.4 Å². The van der Waals surface area contributed by atoms with E-state index in [-0.39, 0.29) is 12.0 Å². The summed E-state index contributed by atoms with van der Waals surface area (Å²) in [6.07, 6.45) is 6.14. The molecule has 2 atom stereocenters. The van der Waals surface area contributed by atoms with Crippen LogP contribution in [0, 0.1) is 5.92 Å². The van der Waals surface area contributed by atoms with Crippen molar-refractivity contribution < 1.29 is 9.53 Å². The number of nitrogen functional groups attached to an aromatic ring is 1. The summed E-state index contributed by atoms with van der Waals surface area (Å²) in [5.74, 6) is 0.774. The molecule has 1 aliphatic carbocycles. The number of methoxy groups -OCH3 is 1. The zero-order chi connectivity index (χ0) is 18.8. The van der Waals surface area contributed by atoms with Gasteiger partial charge in [0.2, 0.25) is 5.91 Å². The summed E-state index contributed by atoms with van der Waals surface area (Å²) in [5.41, 5.74) is 9.07. The van der Waals surface area contributed by atoms with Gasteiger partial charge in [0.1, 0.15) is 0 Å². The number of hydrogen-bond acceptors (Lipinski definition) is 4. The molecule has 1 saturated heterocycles. The van der Waals surface area contributed by atoms with Gasteiger partial charge in [-0.25, -0.2) is 0 Å². The van der Waals surface area contributed by atoms with Crippen molar-refractivity contribution >= 4 is 22.5 Å². The number of carbonyl (C=O) groups excluding carboxylic acids is 1. The second-order valence-corrected chi connectivity index (χ2v) is 7.98. The summed E-state index contributed by atoms with van der Waals surface area (Å²) < 4.78 is 5.49. The Morgan fingerprint density at radius 2 is 1.96 bits per heavy atom. The molecule has 1 amide bonds. The molecule has 4 rings (SSSR count). The van der Waals surface area contributed by atoms with Crippen LogP contribution in [0.5, 0.6) is 0 Å². The number of benzene rings is 1. The number of piperidine rings is 1. The van der Waals surface area contributed by atoms with E-state index in [1.807, 2.05) is 30.3 Å². The van der Waals surface area contributed by atoms with Gasteiger partial charge in [0.05, 0.1) is 23.0 Å². The predicted molar refractivity (Wildman–Crippen MR) is 107 cm³/mol. The number of likely N-dealkylation sites (tertiary alicyclic amines) is 1. The van der Waals surface area contributed by atoms with Crippen molar-refractivity contribution in [3.8, 4) is 0 Å². The van der Waals surface area contributed by atoms with Crippen LogP contribution in [-0.4, -0.2) is 42.1 Å². The van der Waals surface area contributed by atoms with Crippen LogP contribution in [0.4, 0.5) is 5.69 Å². The van der Waals surface area contributed by atoms with Crippen molar-refractivity contribution in [3.63, 3.8) is 0 Å². The van der Waals surface area contributed by atoms with Crippen LogP contribution in [0.3, 0.4) is 0 Å². The number of nitrogens with zero attached hydrogens (tertiary/aromatic N) is 2. The van der Waals surface area contributed by atoms with Gasteiger partial charge in [-0.1, -0.05) is 24.6 Å². The van der Waals surface area contributed by atoms with Crippen LogP contribution in [0.2, 0.25) is 0 Å². The van der Waals surface area contributed by atoms with Crippen molar-refractivity contribution in [2.24, 2.45) is 5.92 Å². The number of pyridine rings is 1. The lowest BCUT2D eigenvalue weighted by Gasteiger charge is -2.36. The topological polar surface area (TPSA) is 68.5 Å². The van der Waals surface area contributed by atoms with Crippen molar-refractivity contribution in [2.45, 2.75) is 50.5 Å². The summed E-state index contributed by atoms with van der Waals surface area (Å²) in [5, 5.41) is 1.08. The minimum absolute atomic E-state index is 0.129. The highest BCUT2D eigenvalue weighted by Gasteiger charge is 2.33. The molecule has 5 nitrogen and oxygen atoms in total. The molecule has 5 heteroatoms. The first-order chi connectivity index (χ1) is 13.2. The van der Waals surface area contributed by atoms with Gasteiger partial charge >= 0.3 is 0 Å². The molecule has 2 aliphatic rings. The number of fused-ring (bicyclic) bond motifs is 1. The molecule has 0 unspecified atom stereocenters. The van der Waals surface area contributed by atoms with E-state index < -0.39 is 0 Å². The van der Waals surface area contributed by atoms with Crippen LogP contribution >= 0.6 is 0 Å². The number of carbonyl (C=O) groups is 1. The second kappa shape index (κ2) is 7.85. The Morgan fingerprint density at radius 1 is 1.19 bits per heavy atom. The van der Waals surface area contributed by atoms with Crippen molar-refractivity contribution in [1.29, 1.82) is 0 Å². The molecule has 2 N–H and O–H groups in total. The number of hydrogen-bond donors (Lipinski definition) is 1. The number of amides is 1. The van der Waals surface area contributed by atoms with Crippen LogP contribution in [0.1, 0.15) is 50.1 Å². The van der Waals surface area contributed by atoms with Gasteiger partial charge < -0.3 is 15.4 Å². The van der Waals surface area contributed by atoms with E-state index in [1.54, 1.807) is 7.11 Å². The van der Waals surface area contributed by atoms with Crippen molar-refractivity contribution in [2.75, 3.05) is 25.9 Å². The molecule has 0 spiro atoms. The molecule has 2 fully saturated rings. The Kier molecular flexibility index (Phi) is 5.30. The highest BCUT2D eigenvalue weighted by atomic mass is 16.5. The quantitative estimate of drug-likeness (QED) is 0.897. The molecule has 2 aromatic rings. The summed E-state index contributed by atoms with van der Waals surface area (Å²) in [4.78, 5) is 19.8. The van der Waals surface area contributed by atoms with E-state index in [2.05, 4.69) is 4.90 Å². The highest BCUT2D eigenvalue weighted by Crippen LogP contribution is 2.34. The summed E-state index contributed by atoms with van der Waals surface area (Å²) >= 11 is 0. The lowest BCUT2D eigenvalue weighted by Crippen LogP contribution is -2.43. The molecular formula is C22H29N3O2. The molecule has 1 aromatic heterocycles. The van der Waals surface area contributed by atoms with Gasteiger partial charge in [-0.05, 0) is 44.2 Å². The van der Waals surface area contributed by atoms with E-state index in [1.165, 1.54) is 0 Å². The highest BCUT2D eigenvalue weighted by molar-refractivity contribution is 5.82. The second-order valence-electron chi connectivity index (χ2n) is 7.98. The van der Waals surface area contributed by atoms with Crippen molar-refractivity contribution in [3.05, 3.63) is 36.0 Å². The number of ether oxygens (including phenoxy) is 1. The summed E-state index contributed by atoms with van der Waals surface area (Å²) in [6.45, 7) is 1.59. The zero-order valence-corrected chi connectivity index (χ0v) is 16.1. The SMILES string of the molecule is CO[C@@H]1CCC[C@@H](C(=O)N2CCC(c3nc4ccccc4cc3N)CC2)C1. The predicted octanol–water partition coefficient (Wildman–Crippen LogP) is 3.73. The third kappa shape index (κ3) is 3.79. The van der Waals surface area contributed by atoms with Crippen LogP contribution in [0.15, 0.2) is 30.3 Å². The fraction of sp³-hybridized carbons (Fsp3) is 0.545. The maximum Gasteiger partial charge on any atom is 0.225 e. The summed E-state index contributed by atoms with van der Waals surface area (Å²) in [7, 11) is 1.75. The smallest absolute Gasteiger partial charge is 0.225 e. The number of para-hydroxylation sites is 1. The number of rotatable bonds is 3.